The number of nitrogens with zero attached hydrogens (tertiary/aromatic N) is 5. The van der Waals surface area contributed by atoms with Gasteiger partial charge in [-0.3, -0.25) is 19.2 Å². The lowest BCUT2D eigenvalue weighted by Gasteiger charge is -2.15. The Labute approximate surface area is 162 Å². The smallest absolute Gasteiger partial charge is 0.282 e. The van der Waals surface area contributed by atoms with E-state index >= 15 is 0 Å². The number of H-pyrrole nitrogens is 1. The number of aryl methyl sites for hydroxylation is 1. The van der Waals surface area contributed by atoms with E-state index in [4.69, 9.17) is 4.74 Å². The first kappa shape index (κ1) is 16.6. The molecule has 140 valence electrons. The highest BCUT2D eigenvalue weighted by Crippen LogP contribution is 2.41. The lowest BCUT2D eigenvalue weighted by molar-refractivity contribution is 0.0989. The third-order valence-corrected chi connectivity index (χ3v) is 5.71. The Hall–Kier alpha value is -3.53. The third-order valence-electron chi connectivity index (χ3n) is 4.61. The molecule has 0 saturated heterocycles. The molecule has 0 atom stereocenters. The lowest BCUT2D eigenvalue weighted by atomic mass is 10.1. The Balaban J connectivity index is 1.56. The van der Waals surface area contributed by atoms with Crippen molar-refractivity contribution in [3.05, 3.63) is 51.5 Å². The van der Waals surface area contributed by atoms with Crippen molar-refractivity contribution in [1.82, 2.24) is 24.7 Å². The molecular formula is C18H14N6O3S. The summed E-state index contributed by atoms with van der Waals surface area (Å²) in [5, 5.41) is 4.74. The number of fused-ring (bicyclic) bond motifs is 4. The van der Waals surface area contributed by atoms with E-state index in [1.54, 1.807) is 14.1 Å². The Morgan fingerprint density at radius 3 is 3.04 bits per heavy atom. The SMILES string of the molecule is CN(C(=O)c1nn(C)c2c(=O)[nH]cnc12)c1nc2c(s1)COc1ccccc1-2. The number of amides is 1. The second-order valence-corrected chi connectivity index (χ2v) is 7.38. The number of carbonyl (C=O) groups is 1. The molecule has 4 aromatic rings. The molecule has 28 heavy (non-hydrogen) atoms. The maximum atomic E-state index is 13.1. The fourth-order valence-electron chi connectivity index (χ4n) is 3.23. The summed E-state index contributed by atoms with van der Waals surface area (Å²) in [4.78, 5) is 38.8. The molecule has 1 N–H and O–H groups in total. The Bertz CT molecular complexity index is 1300. The summed E-state index contributed by atoms with van der Waals surface area (Å²) in [6.45, 7) is 0.412. The molecule has 0 saturated carbocycles. The zero-order valence-corrected chi connectivity index (χ0v) is 15.8. The quantitative estimate of drug-likeness (QED) is 0.557. The van der Waals surface area contributed by atoms with Gasteiger partial charge >= 0.3 is 0 Å². The van der Waals surface area contributed by atoms with Gasteiger partial charge in [0.15, 0.2) is 16.3 Å². The van der Waals surface area contributed by atoms with Crippen molar-refractivity contribution in [3.63, 3.8) is 0 Å². The van der Waals surface area contributed by atoms with Crippen molar-refractivity contribution >= 4 is 33.4 Å². The average molecular weight is 394 g/mol. The van der Waals surface area contributed by atoms with Gasteiger partial charge in [0.2, 0.25) is 0 Å². The first-order chi connectivity index (χ1) is 13.5. The minimum absolute atomic E-state index is 0.107. The van der Waals surface area contributed by atoms with E-state index in [0.717, 1.165) is 21.9 Å². The Kier molecular flexibility index (Phi) is 3.56. The van der Waals surface area contributed by atoms with Gasteiger partial charge in [-0.15, -0.1) is 0 Å². The fraction of sp³-hybridized carbons (Fsp3) is 0.167. The summed E-state index contributed by atoms with van der Waals surface area (Å²) >= 11 is 1.39. The highest BCUT2D eigenvalue weighted by molar-refractivity contribution is 7.16. The molecule has 3 aromatic heterocycles. The predicted molar refractivity (Wildman–Crippen MR) is 104 cm³/mol. The maximum Gasteiger partial charge on any atom is 0.282 e. The summed E-state index contributed by atoms with van der Waals surface area (Å²) in [6.07, 6.45) is 1.26. The molecule has 4 heterocycles. The number of aromatic amines is 1. The van der Waals surface area contributed by atoms with E-state index in [1.807, 2.05) is 24.3 Å². The first-order valence-electron chi connectivity index (χ1n) is 8.45. The number of hydrogen-bond acceptors (Lipinski definition) is 7. The molecule has 0 fully saturated rings. The van der Waals surface area contributed by atoms with Crippen LogP contribution in [0, 0.1) is 0 Å². The second-order valence-electron chi connectivity index (χ2n) is 6.32. The minimum Gasteiger partial charge on any atom is -0.487 e. The number of thiazole rings is 1. The van der Waals surface area contributed by atoms with Crippen LogP contribution in [0.1, 0.15) is 15.4 Å². The summed E-state index contributed by atoms with van der Waals surface area (Å²) in [6, 6.07) is 7.68. The van der Waals surface area contributed by atoms with Crippen LogP contribution in [0.3, 0.4) is 0 Å². The third kappa shape index (κ3) is 2.34. The van der Waals surface area contributed by atoms with E-state index in [0.29, 0.717) is 11.7 Å². The van der Waals surface area contributed by atoms with Crippen molar-refractivity contribution in [2.45, 2.75) is 6.61 Å². The highest BCUT2D eigenvalue weighted by Gasteiger charge is 2.28. The van der Waals surface area contributed by atoms with Gasteiger partial charge in [0.05, 0.1) is 16.9 Å². The highest BCUT2D eigenvalue weighted by atomic mass is 32.1. The zero-order valence-electron chi connectivity index (χ0n) is 15.0. The fourth-order valence-corrected chi connectivity index (χ4v) is 4.17. The van der Waals surface area contributed by atoms with Gasteiger partial charge in [-0.25, -0.2) is 9.97 Å². The standard InChI is InChI=1S/C18H14N6O3S/c1-23(17(26)14-13-15(24(2)22-14)16(25)20-8-19-13)18-21-12-9-5-3-4-6-10(9)27-7-11(12)28-18/h3-6,8H,7H2,1-2H3,(H,19,20,25). The van der Waals surface area contributed by atoms with Gasteiger partial charge in [-0.05, 0) is 12.1 Å². The molecule has 0 unspecified atom stereocenters. The minimum atomic E-state index is -0.385. The largest absolute Gasteiger partial charge is 0.487 e. The molecule has 0 radical (unpaired) electrons. The van der Waals surface area contributed by atoms with Crippen LogP contribution >= 0.6 is 11.3 Å². The van der Waals surface area contributed by atoms with Crippen molar-refractivity contribution < 1.29 is 9.53 Å². The normalized spacial score (nSPS) is 12.4. The molecule has 9 nitrogen and oxygen atoms in total. The van der Waals surface area contributed by atoms with Gasteiger partial charge in [-0.1, -0.05) is 23.5 Å². The van der Waals surface area contributed by atoms with E-state index in [-0.39, 0.29) is 28.2 Å². The van der Waals surface area contributed by atoms with Crippen LogP contribution in [0.5, 0.6) is 5.75 Å². The van der Waals surface area contributed by atoms with Gasteiger partial charge in [0.1, 0.15) is 17.9 Å². The van der Waals surface area contributed by atoms with Crippen molar-refractivity contribution in [3.8, 4) is 17.0 Å². The Morgan fingerprint density at radius 2 is 2.18 bits per heavy atom. The predicted octanol–water partition coefficient (Wildman–Crippen LogP) is 1.95. The molecule has 10 heteroatoms. The second kappa shape index (κ2) is 5.99. The molecule has 1 amide bonds. The molecule has 0 bridgehead atoms. The zero-order chi connectivity index (χ0) is 19.4. The van der Waals surface area contributed by atoms with Crippen molar-refractivity contribution in [1.29, 1.82) is 0 Å². The number of rotatable bonds is 2. The first-order valence-corrected chi connectivity index (χ1v) is 9.26. The summed E-state index contributed by atoms with van der Waals surface area (Å²) < 4.78 is 7.13. The van der Waals surface area contributed by atoms with Gasteiger partial charge < -0.3 is 9.72 Å². The number of aromatic nitrogens is 5. The summed E-state index contributed by atoms with van der Waals surface area (Å²) in [7, 11) is 3.24. The number of para-hydroxylation sites is 1. The van der Waals surface area contributed by atoms with Gasteiger partial charge in [0.25, 0.3) is 11.5 Å². The molecule has 1 aliphatic heterocycles. The number of anilines is 1. The van der Waals surface area contributed by atoms with E-state index < -0.39 is 0 Å². The number of nitrogens with one attached hydrogen (secondary N) is 1. The topological polar surface area (TPSA) is 106 Å². The number of benzene rings is 1. The molecular weight excluding hydrogens is 380 g/mol. The van der Waals surface area contributed by atoms with Crippen LogP contribution < -0.4 is 15.2 Å². The van der Waals surface area contributed by atoms with E-state index in [2.05, 4.69) is 20.1 Å². The Morgan fingerprint density at radius 1 is 1.36 bits per heavy atom. The monoisotopic (exact) mass is 394 g/mol. The molecule has 0 spiro atoms. The van der Waals surface area contributed by atoms with Crippen LogP contribution in [0.4, 0.5) is 5.13 Å². The van der Waals surface area contributed by atoms with Crippen LogP contribution in [-0.2, 0) is 13.7 Å². The number of ether oxygens (including phenoxy) is 1. The number of carbonyl (C=O) groups excluding carboxylic acids is 1. The lowest BCUT2D eigenvalue weighted by Crippen LogP contribution is -2.27. The molecule has 0 aliphatic carbocycles. The molecule has 5 rings (SSSR count). The van der Waals surface area contributed by atoms with Crippen LogP contribution in [-0.4, -0.2) is 37.7 Å². The summed E-state index contributed by atoms with van der Waals surface area (Å²) in [5.41, 5.74) is 2.00. The van der Waals surface area contributed by atoms with E-state index in [9.17, 15) is 9.59 Å². The van der Waals surface area contributed by atoms with Gasteiger partial charge in [-0.2, -0.15) is 5.10 Å². The molecule has 1 aromatic carbocycles. The van der Waals surface area contributed by atoms with Crippen molar-refractivity contribution in [2.75, 3.05) is 11.9 Å². The molecule has 1 aliphatic rings. The van der Waals surface area contributed by atoms with Crippen LogP contribution in [0.2, 0.25) is 0 Å². The van der Waals surface area contributed by atoms with Crippen molar-refractivity contribution in [2.24, 2.45) is 7.05 Å². The van der Waals surface area contributed by atoms with Crippen LogP contribution in [0.25, 0.3) is 22.3 Å². The van der Waals surface area contributed by atoms with Crippen LogP contribution in [0.15, 0.2) is 35.4 Å². The van der Waals surface area contributed by atoms with E-state index in [1.165, 1.54) is 27.2 Å². The number of hydrogen-bond donors (Lipinski definition) is 1. The summed E-state index contributed by atoms with van der Waals surface area (Å²) in [5.74, 6) is 0.393. The average Bonchev–Trinajstić information content (AvgIpc) is 3.29. The van der Waals surface area contributed by atoms with Gasteiger partial charge in [0, 0.05) is 19.7 Å². The maximum absolute atomic E-state index is 13.1.